The highest BCUT2D eigenvalue weighted by molar-refractivity contribution is 14.0. The van der Waals surface area contributed by atoms with Crippen molar-refractivity contribution in [2.45, 2.75) is 46.4 Å². The Balaban J connectivity index is 0.00000280. The van der Waals surface area contributed by atoms with E-state index in [0.29, 0.717) is 13.2 Å². The van der Waals surface area contributed by atoms with E-state index in [0.717, 1.165) is 48.1 Å². The molecule has 1 atom stereocenters. The van der Waals surface area contributed by atoms with Gasteiger partial charge in [0.1, 0.15) is 17.6 Å². The molecule has 0 radical (unpaired) electrons. The van der Waals surface area contributed by atoms with Gasteiger partial charge in [-0.05, 0) is 38.5 Å². The number of hydrogen-bond donors (Lipinski definition) is 2. The van der Waals surface area contributed by atoms with Crippen molar-refractivity contribution in [3.8, 4) is 11.5 Å². The normalized spacial score (nSPS) is 15.4. The van der Waals surface area contributed by atoms with Gasteiger partial charge in [0.2, 0.25) is 0 Å². The largest absolute Gasteiger partial charge is 0.494 e. The second kappa shape index (κ2) is 10.5. The van der Waals surface area contributed by atoms with E-state index in [-0.39, 0.29) is 30.1 Å². The Kier molecular flexibility index (Phi) is 8.40. The number of rotatable bonds is 7. The minimum absolute atomic E-state index is 0. The number of nitrogens with zero attached hydrogens (tertiary/aromatic N) is 3. The summed E-state index contributed by atoms with van der Waals surface area (Å²) in [5.74, 6) is 2.61. The SMILES string of the molecule is CCOc1cc2c(cc1CNC(=NC)NCCn1cc(C)cn1)OC(C)C2.I. The molecule has 28 heavy (non-hydrogen) atoms. The molecule has 0 fully saturated rings. The molecule has 0 saturated carbocycles. The quantitative estimate of drug-likeness (QED) is 0.348. The molecular formula is C20H30IN5O2. The summed E-state index contributed by atoms with van der Waals surface area (Å²) < 4.78 is 13.6. The van der Waals surface area contributed by atoms with Crippen molar-refractivity contribution in [1.82, 2.24) is 20.4 Å². The van der Waals surface area contributed by atoms with Gasteiger partial charge in [0, 0.05) is 43.9 Å². The summed E-state index contributed by atoms with van der Waals surface area (Å²) in [6, 6.07) is 4.19. The Hall–Kier alpha value is -1.97. The summed E-state index contributed by atoms with van der Waals surface area (Å²) in [7, 11) is 1.77. The second-order valence-electron chi connectivity index (χ2n) is 6.77. The molecule has 1 aromatic heterocycles. The number of benzene rings is 1. The van der Waals surface area contributed by atoms with Gasteiger partial charge in [-0.15, -0.1) is 24.0 Å². The summed E-state index contributed by atoms with van der Waals surface area (Å²) in [6.45, 7) is 8.90. The lowest BCUT2D eigenvalue weighted by molar-refractivity contribution is 0.254. The lowest BCUT2D eigenvalue weighted by Crippen LogP contribution is -2.38. The van der Waals surface area contributed by atoms with Crippen molar-refractivity contribution in [1.29, 1.82) is 0 Å². The summed E-state index contributed by atoms with van der Waals surface area (Å²) in [4.78, 5) is 4.29. The summed E-state index contributed by atoms with van der Waals surface area (Å²) in [6.07, 6.45) is 5.04. The number of hydrogen-bond acceptors (Lipinski definition) is 4. The van der Waals surface area contributed by atoms with Gasteiger partial charge in [-0.2, -0.15) is 5.10 Å². The van der Waals surface area contributed by atoms with Crippen molar-refractivity contribution >= 4 is 29.9 Å². The predicted molar refractivity (Wildman–Crippen MR) is 122 cm³/mol. The molecule has 1 aliphatic rings. The molecule has 2 aromatic rings. The van der Waals surface area contributed by atoms with Gasteiger partial charge in [0.15, 0.2) is 5.96 Å². The van der Waals surface area contributed by atoms with E-state index in [1.165, 1.54) is 5.56 Å². The number of nitrogens with one attached hydrogen (secondary N) is 2. The standard InChI is InChI=1S/C20H29N5O2.HI/c1-5-26-18-9-16-8-15(3)27-19(16)10-17(18)12-23-20(21-4)22-6-7-25-13-14(2)11-24-25;/h9-11,13,15H,5-8,12H2,1-4H3,(H2,21,22,23);1H. The molecule has 7 nitrogen and oxygen atoms in total. The van der Waals surface area contributed by atoms with Crippen LogP contribution in [0, 0.1) is 6.92 Å². The summed E-state index contributed by atoms with van der Waals surface area (Å²) in [5, 5.41) is 11.0. The first-order valence-electron chi connectivity index (χ1n) is 9.48. The summed E-state index contributed by atoms with van der Waals surface area (Å²) >= 11 is 0. The minimum Gasteiger partial charge on any atom is -0.494 e. The molecule has 8 heteroatoms. The van der Waals surface area contributed by atoms with Crippen LogP contribution in [-0.2, 0) is 19.5 Å². The monoisotopic (exact) mass is 499 g/mol. The number of halogens is 1. The zero-order valence-corrected chi connectivity index (χ0v) is 19.3. The average Bonchev–Trinajstić information content (AvgIpc) is 3.22. The number of ether oxygens (including phenoxy) is 2. The molecule has 1 aromatic carbocycles. The van der Waals surface area contributed by atoms with E-state index in [9.17, 15) is 0 Å². The minimum atomic E-state index is 0. The fraction of sp³-hybridized carbons (Fsp3) is 0.500. The van der Waals surface area contributed by atoms with E-state index in [2.05, 4.69) is 39.8 Å². The fourth-order valence-electron chi connectivity index (χ4n) is 3.19. The van der Waals surface area contributed by atoms with Crippen LogP contribution in [0.1, 0.15) is 30.5 Å². The molecule has 2 heterocycles. The van der Waals surface area contributed by atoms with Gasteiger partial charge in [-0.1, -0.05) is 0 Å². The first-order valence-corrected chi connectivity index (χ1v) is 9.48. The molecule has 0 spiro atoms. The topological polar surface area (TPSA) is 72.7 Å². The number of aliphatic imine (C=N–C) groups is 1. The number of aromatic nitrogens is 2. The highest BCUT2D eigenvalue weighted by Gasteiger charge is 2.21. The Morgan fingerprint density at radius 1 is 1.39 bits per heavy atom. The maximum Gasteiger partial charge on any atom is 0.191 e. The summed E-state index contributed by atoms with van der Waals surface area (Å²) in [5.41, 5.74) is 3.44. The van der Waals surface area contributed by atoms with Crippen LogP contribution < -0.4 is 20.1 Å². The Bertz CT molecular complexity index is 806. The van der Waals surface area contributed by atoms with E-state index < -0.39 is 0 Å². The van der Waals surface area contributed by atoms with Crippen LogP contribution in [0.4, 0.5) is 0 Å². The molecule has 154 valence electrons. The van der Waals surface area contributed by atoms with Crippen LogP contribution in [-0.4, -0.2) is 42.0 Å². The molecular weight excluding hydrogens is 469 g/mol. The molecule has 0 aliphatic carbocycles. The molecule has 0 saturated heterocycles. The van der Waals surface area contributed by atoms with Crippen molar-refractivity contribution in [3.63, 3.8) is 0 Å². The molecule has 0 bridgehead atoms. The highest BCUT2D eigenvalue weighted by Crippen LogP contribution is 2.35. The van der Waals surface area contributed by atoms with E-state index >= 15 is 0 Å². The molecule has 3 rings (SSSR count). The average molecular weight is 499 g/mol. The van der Waals surface area contributed by atoms with Crippen molar-refractivity contribution in [3.05, 3.63) is 41.2 Å². The molecule has 1 unspecified atom stereocenters. The zero-order chi connectivity index (χ0) is 19.2. The first kappa shape index (κ1) is 22.3. The van der Waals surface area contributed by atoms with E-state index in [1.807, 2.05) is 30.9 Å². The number of fused-ring (bicyclic) bond motifs is 1. The van der Waals surface area contributed by atoms with Crippen LogP contribution in [0.3, 0.4) is 0 Å². The Morgan fingerprint density at radius 3 is 2.89 bits per heavy atom. The third-order valence-corrected chi connectivity index (χ3v) is 4.44. The highest BCUT2D eigenvalue weighted by atomic mass is 127. The van der Waals surface area contributed by atoms with Crippen LogP contribution >= 0.6 is 24.0 Å². The lowest BCUT2D eigenvalue weighted by Gasteiger charge is -2.15. The first-order chi connectivity index (χ1) is 13.1. The van der Waals surface area contributed by atoms with Gasteiger partial charge in [-0.3, -0.25) is 9.67 Å². The third kappa shape index (κ3) is 5.76. The smallest absolute Gasteiger partial charge is 0.191 e. The maximum absolute atomic E-state index is 5.89. The maximum atomic E-state index is 5.89. The second-order valence-corrected chi connectivity index (χ2v) is 6.77. The molecule has 2 N–H and O–H groups in total. The van der Waals surface area contributed by atoms with Crippen molar-refractivity contribution < 1.29 is 9.47 Å². The van der Waals surface area contributed by atoms with Gasteiger partial charge in [0.05, 0.1) is 19.3 Å². The van der Waals surface area contributed by atoms with Crippen molar-refractivity contribution in [2.24, 2.45) is 4.99 Å². The van der Waals surface area contributed by atoms with Crippen LogP contribution in [0.25, 0.3) is 0 Å². The third-order valence-electron chi connectivity index (χ3n) is 4.44. The molecule has 1 aliphatic heterocycles. The Labute approximate surface area is 183 Å². The van der Waals surface area contributed by atoms with E-state index in [1.54, 1.807) is 7.05 Å². The van der Waals surface area contributed by atoms with Gasteiger partial charge in [-0.25, -0.2) is 0 Å². The number of guanidine groups is 1. The lowest BCUT2D eigenvalue weighted by atomic mass is 10.1. The predicted octanol–water partition coefficient (Wildman–Crippen LogP) is 2.90. The van der Waals surface area contributed by atoms with Crippen LogP contribution in [0.15, 0.2) is 29.5 Å². The molecule has 0 amide bonds. The number of aryl methyl sites for hydroxylation is 1. The Morgan fingerprint density at radius 2 is 2.21 bits per heavy atom. The van der Waals surface area contributed by atoms with Crippen molar-refractivity contribution in [2.75, 3.05) is 20.2 Å². The van der Waals surface area contributed by atoms with Crippen LogP contribution in [0.2, 0.25) is 0 Å². The zero-order valence-electron chi connectivity index (χ0n) is 17.0. The van der Waals surface area contributed by atoms with Gasteiger partial charge in [0.25, 0.3) is 0 Å². The van der Waals surface area contributed by atoms with Gasteiger partial charge < -0.3 is 20.1 Å². The van der Waals surface area contributed by atoms with Crippen LogP contribution in [0.5, 0.6) is 11.5 Å². The van der Waals surface area contributed by atoms with E-state index in [4.69, 9.17) is 9.47 Å². The van der Waals surface area contributed by atoms with Gasteiger partial charge >= 0.3 is 0 Å². The fourth-order valence-corrected chi connectivity index (χ4v) is 3.19.